The van der Waals surface area contributed by atoms with Gasteiger partial charge in [-0.1, -0.05) is 0 Å². The molecule has 8 heteroatoms. The third kappa shape index (κ3) is 329. The van der Waals surface area contributed by atoms with E-state index in [-0.39, 0.29) is 39.7 Å². The van der Waals surface area contributed by atoms with E-state index in [1.54, 1.807) is 0 Å². The van der Waals surface area contributed by atoms with Crippen LogP contribution in [0.25, 0.3) is 0 Å². The summed E-state index contributed by atoms with van der Waals surface area (Å²) in [5.41, 5.74) is 0. The summed E-state index contributed by atoms with van der Waals surface area (Å²) >= 11 is 0. The molecule has 0 heterocycles. The minimum Gasteiger partial charge on any atom is -0.759 e. The number of hydrogen-bond donors (Lipinski definition) is 1. The van der Waals surface area contributed by atoms with Gasteiger partial charge >= 0.3 is 33.6 Å². The predicted molar refractivity (Wildman–Crippen MR) is 15.5 cm³/mol. The Morgan fingerprint density at radius 3 is 1.12 bits per heavy atom. The Balaban J connectivity index is -0.0000000267. The molecule has 0 aliphatic rings. The van der Waals surface area contributed by atoms with E-state index < -0.39 is 10.4 Å². The van der Waals surface area contributed by atoms with Gasteiger partial charge in [0.15, 0.2) is 0 Å². The summed E-state index contributed by atoms with van der Waals surface area (Å²) in [7, 11) is -5.17. The molecule has 3 N–H and O–H groups in total. The minimum atomic E-state index is -5.17. The van der Waals surface area contributed by atoms with Gasteiger partial charge in [-0.2, -0.15) is 0 Å². The molecule has 0 rings (SSSR count). The average molecular weight is 235 g/mol. The SMILES string of the molecule is N.O=S(=O)([O-])[O-].[Cu+2].[Ni+2]. The molecular formula is H3CuNNiO4S+2. The second kappa shape index (κ2) is 7.84. The normalized spacial score (nSPS) is 7.25. The maximum Gasteiger partial charge on any atom is 2.00 e. The van der Waals surface area contributed by atoms with E-state index in [1.165, 1.54) is 0 Å². The molecule has 0 aliphatic heterocycles. The first-order chi connectivity index (χ1) is 2.00. The van der Waals surface area contributed by atoms with Gasteiger partial charge in [0.1, 0.15) is 0 Å². The van der Waals surface area contributed by atoms with Gasteiger partial charge in [0, 0.05) is 10.4 Å². The third-order valence-corrected chi connectivity index (χ3v) is 0. The molecule has 0 bridgehead atoms. The molecule has 5 nitrogen and oxygen atoms in total. The van der Waals surface area contributed by atoms with Crippen molar-refractivity contribution < 1.29 is 51.1 Å². The van der Waals surface area contributed by atoms with E-state index >= 15 is 0 Å². The Labute approximate surface area is 67.8 Å². The summed E-state index contributed by atoms with van der Waals surface area (Å²) in [5.74, 6) is 0. The second-order valence-electron chi connectivity index (χ2n) is 0.408. The zero-order valence-electron chi connectivity index (χ0n) is 3.37. The van der Waals surface area contributed by atoms with E-state index in [2.05, 4.69) is 0 Å². The second-order valence-corrected chi connectivity index (χ2v) is 1.22. The fourth-order valence-electron chi connectivity index (χ4n) is 0. The zero-order chi connectivity index (χ0) is 4.50. The molecular weight excluding hydrogens is 232 g/mol. The fraction of sp³-hybridized carbons (Fsp3) is 0. The van der Waals surface area contributed by atoms with E-state index in [0.29, 0.717) is 0 Å². The van der Waals surface area contributed by atoms with Crippen molar-refractivity contribution >= 4 is 10.4 Å². The molecule has 0 aromatic rings. The van der Waals surface area contributed by atoms with Crippen LogP contribution in [0.3, 0.4) is 0 Å². The maximum atomic E-state index is 8.52. The Morgan fingerprint density at radius 1 is 1.12 bits per heavy atom. The van der Waals surface area contributed by atoms with Gasteiger partial charge in [-0.15, -0.1) is 0 Å². The quantitative estimate of drug-likeness (QED) is 0.322. The van der Waals surface area contributed by atoms with E-state index in [0.717, 1.165) is 0 Å². The van der Waals surface area contributed by atoms with E-state index in [1.807, 2.05) is 0 Å². The zero-order valence-corrected chi connectivity index (χ0v) is 6.11. The first-order valence-corrected chi connectivity index (χ1v) is 2.00. The van der Waals surface area contributed by atoms with E-state index in [9.17, 15) is 0 Å². The van der Waals surface area contributed by atoms with Crippen molar-refractivity contribution in [3.8, 4) is 0 Å². The molecule has 0 saturated carbocycles. The molecule has 1 radical (unpaired) electrons. The number of rotatable bonds is 0. The van der Waals surface area contributed by atoms with Crippen molar-refractivity contribution in [1.82, 2.24) is 6.15 Å². The molecule has 0 saturated heterocycles. The summed E-state index contributed by atoms with van der Waals surface area (Å²) in [6, 6.07) is 0. The molecule has 0 aliphatic carbocycles. The molecule has 0 fully saturated rings. The van der Waals surface area contributed by atoms with Gasteiger partial charge in [0.05, 0.1) is 0 Å². The standard InChI is InChI=1S/Cu.H3N.Ni.H2O4S/c;;;1-5(2,3)4/h;1H3;;(H2,1,2,3,4)/q+2;;+2;/p-2. The first-order valence-electron chi connectivity index (χ1n) is 0.667. The van der Waals surface area contributed by atoms with Crippen LogP contribution in [0.5, 0.6) is 0 Å². The Morgan fingerprint density at radius 2 is 1.12 bits per heavy atom. The average Bonchev–Trinajstić information content (AvgIpc) is 0.722. The van der Waals surface area contributed by atoms with Crippen LogP contribution in [0.15, 0.2) is 0 Å². The van der Waals surface area contributed by atoms with Crippen molar-refractivity contribution in [3.05, 3.63) is 0 Å². The maximum absolute atomic E-state index is 8.52. The molecule has 0 amide bonds. The summed E-state index contributed by atoms with van der Waals surface area (Å²) in [4.78, 5) is 0. The molecule has 0 unspecified atom stereocenters. The van der Waals surface area contributed by atoms with Crippen molar-refractivity contribution in [2.24, 2.45) is 0 Å². The summed E-state index contributed by atoms with van der Waals surface area (Å²) in [6.45, 7) is 0. The molecule has 0 aromatic carbocycles. The van der Waals surface area contributed by atoms with Gasteiger partial charge in [-0.25, -0.2) is 0 Å². The molecule has 0 atom stereocenters. The largest absolute Gasteiger partial charge is 2.00 e. The van der Waals surface area contributed by atoms with Crippen LogP contribution < -0.4 is 6.15 Å². The molecule has 8 heavy (non-hydrogen) atoms. The van der Waals surface area contributed by atoms with Crippen molar-refractivity contribution in [3.63, 3.8) is 0 Å². The first kappa shape index (κ1) is 23.2. The van der Waals surface area contributed by atoms with Gasteiger partial charge in [-0.05, 0) is 0 Å². The number of hydrogen-bond acceptors (Lipinski definition) is 5. The van der Waals surface area contributed by atoms with Crippen LogP contribution in [0.4, 0.5) is 0 Å². The van der Waals surface area contributed by atoms with Crippen molar-refractivity contribution in [1.29, 1.82) is 0 Å². The smallest absolute Gasteiger partial charge is 0.759 e. The summed E-state index contributed by atoms with van der Waals surface area (Å²) in [6.07, 6.45) is 0. The van der Waals surface area contributed by atoms with Crippen LogP contribution in [-0.4, -0.2) is 17.5 Å². The minimum absolute atomic E-state index is 0. The topological polar surface area (TPSA) is 115 Å². The summed E-state index contributed by atoms with van der Waals surface area (Å²) in [5, 5.41) is 0. The van der Waals surface area contributed by atoms with Crippen LogP contribution in [0.2, 0.25) is 0 Å². The van der Waals surface area contributed by atoms with Crippen LogP contribution >= 0.6 is 0 Å². The van der Waals surface area contributed by atoms with Crippen LogP contribution in [0, 0.1) is 0 Å². The Kier molecular flexibility index (Phi) is 22.7. The third-order valence-electron chi connectivity index (χ3n) is 0. The molecule has 0 spiro atoms. The Bertz CT molecular complexity index is 99.2. The van der Waals surface area contributed by atoms with E-state index in [4.69, 9.17) is 17.5 Å². The predicted octanol–water partition coefficient (Wildman–Crippen LogP) is -1.18. The summed E-state index contributed by atoms with van der Waals surface area (Å²) < 4.78 is 34.1. The van der Waals surface area contributed by atoms with Gasteiger partial charge in [0.25, 0.3) is 0 Å². The Hall–Kier alpha value is 0.843. The molecule has 0 aromatic heterocycles. The monoisotopic (exact) mass is 234 g/mol. The van der Waals surface area contributed by atoms with Gasteiger partial charge in [-0.3, -0.25) is 8.42 Å². The van der Waals surface area contributed by atoms with Gasteiger partial charge < -0.3 is 15.3 Å². The van der Waals surface area contributed by atoms with Crippen LogP contribution in [-0.2, 0) is 44.0 Å². The van der Waals surface area contributed by atoms with Crippen LogP contribution in [0.1, 0.15) is 0 Å². The van der Waals surface area contributed by atoms with Gasteiger partial charge in [0.2, 0.25) is 0 Å². The fourth-order valence-corrected chi connectivity index (χ4v) is 0. The van der Waals surface area contributed by atoms with Crippen molar-refractivity contribution in [2.45, 2.75) is 0 Å². The molecule has 57 valence electrons. The van der Waals surface area contributed by atoms with Crippen molar-refractivity contribution in [2.75, 3.05) is 0 Å².